The summed E-state index contributed by atoms with van der Waals surface area (Å²) < 4.78 is 34.2. The van der Waals surface area contributed by atoms with Crippen LogP contribution in [0.25, 0.3) is 0 Å². The maximum Gasteiger partial charge on any atom is 4.00 e. The molecule has 0 spiro atoms. The molecule has 25 heteroatoms. The number of phosphoric acid groups is 4. The fourth-order valence-electron chi connectivity index (χ4n) is 0. The summed E-state index contributed by atoms with van der Waals surface area (Å²) in [5, 5.41) is 15.2. The fourth-order valence-corrected chi connectivity index (χ4v) is 0. The van der Waals surface area contributed by atoms with Gasteiger partial charge in [0.25, 0.3) is 0 Å². The van der Waals surface area contributed by atoms with Crippen molar-refractivity contribution >= 4 is 31.3 Å². The maximum atomic E-state index is 8.55. The Bertz CT molecular complexity index is 328. The third-order valence-electron chi connectivity index (χ3n) is 0.1000. The van der Waals surface area contributed by atoms with Crippen LogP contribution in [0.2, 0.25) is 0 Å². The second-order valence-corrected chi connectivity index (χ2v) is 5.81. The molecule has 0 amide bonds. The van der Waals surface area contributed by atoms with E-state index < -0.39 is 31.3 Å². The minimum atomic E-state index is -5.39. The van der Waals surface area contributed by atoms with E-state index in [1.165, 1.54) is 0 Å². The van der Waals surface area contributed by atoms with Crippen LogP contribution in [0.3, 0.4) is 0 Å². The van der Waals surface area contributed by atoms with Gasteiger partial charge in [-0.1, -0.05) is 0 Å². The van der Waals surface area contributed by atoms with Crippen molar-refractivity contribution in [3.05, 3.63) is 0 Å². The summed E-state index contributed by atoms with van der Waals surface area (Å²) in [6, 6.07) is 0. The zero-order valence-corrected chi connectivity index (χ0v) is 20.4. The topological polar surface area (TPSA) is 385 Å². The van der Waals surface area contributed by atoms with Gasteiger partial charge in [-0.3, -0.25) is 0 Å². The van der Waals surface area contributed by atoms with E-state index in [-0.39, 0.29) is 78.4 Å². The molecule has 0 radical (unpaired) electrons. The van der Waals surface area contributed by atoms with E-state index in [1.807, 2.05) is 0 Å². The SMILES string of the molecule is O=P([O-])([O-])[O-].O=P([O-])([O-])[O-].O=P([O-])([O-])[O-].O=P([O-])([O-])[O-].OCCO.[Ti+4].[Ti+4].[Ti+4]. The second kappa shape index (κ2) is 26.5. The van der Waals surface area contributed by atoms with E-state index in [9.17, 15) is 0 Å². The van der Waals surface area contributed by atoms with Gasteiger partial charge in [-0.15, -0.1) is 0 Å². The summed E-state index contributed by atoms with van der Waals surface area (Å²) >= 11 is 0. The first kappa shape index (κ1) is 51.8. The quantitative estimate of drug-likeness (QED) is 0.213. The van der Waals surface area contributed by atoms with Crippen molar-refractivity contribution < 1.29 is 152 Å². The Hall–Kier alpha value is 2.50. The Balaban J connectivity index is -0.0000000272. The molecule has 0 aromatic heterocycles. The van der Waals surface area contributed by atoms with Crippen molar-refractivity contribution in [3.8, 4) is 0 Å². The minimum Gasteiger partial charge on any atom is -0.822 e. The van der Waals surface area contributed by atoms with Crippen LogP contribution in [0.15, 0.2) is 0 Å². The molecule has 0 unspecified atom stereocenters. The molecule has 0 aromatic rings. The van der Waals surface area contributed by atoms with E-state index in [4.69, 9.17) is 87.2 Å². The molecule has 0 fully saturated rings. The monoisotopic (exact) mass is 586 g/mol. The molecule has 0 bridgehead atoms. The van der Waals surface area contributed by atoms with Gasteiger partial charge in [0.05, 0.1) is 13.2 Å². The third kappa shape index (κ3) is 1630. The molecular weight excluding hydrogens is 580 g/mol. The Kier molecular flexibility index (Phi) is 51.0. The van der Waals surface area contributed by atoms with Crippen LogP contribution >= 0.6 is 31.3 Å². The van der Waals surface area contributed by atoms with Gasteiger partial charge in [-0.25, -0.2) is 0 Å². The number of rotatable bonds is 1. The second-order valence-electron chi connectivity index (χ2n) is 2.24. The molecule has 0 rings (SSSR count). The van der Waals surface area contributed by atoms with Crippen LogP contribution in [-0.4, -0.2) is 23.4 Å². The summed E-state index contributed by atoms with van der Waals surface area (Å²) in [4.78, 5) is 103. The van der Waals surface area contributed by atoms with Gasteiger partial charge in [-0.2, -0.15) is 31.3 Å². The van der Waals surface area contributed by atoms with E-state index in [2.05, 4.69) is 0 Å². The first-order chi connectivity index (χ1) is 9.91. The number of hydrogen-bond donors (Lipinski definition) is 2. The average Bonchev–Trinajstić information content (AvgIpc) is 2.05. The molecule has 154 valence electrons. The number of hydrogen-bond acceptors (Lipinski definition) is 18. The van der Waals surface area contributed by atoms with Gasteiger partial charge in [0.1, 0.15) is 0 Å². The number of aliphatic hydroxyl groups excluding tert-OH is 2. The predicted octanol–water partition coefficient (Wildman–Crippen LogP) is -12.3. The molecule has 27 heavy (non-hydrogen) atoms. The molecule has 0 atom stereocenters. The van der Waals surface area contributed by atoms with Crippen LogP contribution in [0.5, 0.6) is 0 Å². The van der Waals surface area contributed by atoms with Crippen molar-refractivity contribution in [2.75, 3.05) is 13.2 Å². The molecule has 0 saturated heterocycles. The third-order valence-corrected chi connectivity index (χ3v) is 0.1000. The molecule has 18 nitrogen and oxygen atoms in total. The average molecular weight is 586 g/mol. The zero-order valence-electron chi connectivity index (χ0n) is 12.1. The first-order valence-electron chi connectivity index (χ1n) is 4.05. The van der Waals surface area contributed by atoms with Crippen molar-refractivity contribution in [2.45, 2.75) is 0 Å². The van der Waals surface area contributed by atoms with Crippen molar-refractivity contribution in [1.82, 2.24) is 0 Å². The Morgan fingerprint density at radius 3 is 0.444 bits per heavy atom. The Morgan fingerprint density at radius 1 is 0.407 bits per heavy atom. The fraction of sp³-hybridized carbons (Fsp3) is 1.00. The molecule has 0 aliphatic heterocycles. The number of aliphatic hydroxyl groups is 2. The van der Waals surface area contributed by atoms with Gasteiger partial charge in [0.2, 0.25) is 0 Å². The minimum absolute atomic E-state index is 0. The van der Waals surface area contributed by atoms with E-state index in [0.29, 0.717) is 0 Å². The van der Waals surface area contributed by atoms with Gasteiger partial charge < -0.3 is 87.2 Å². The molecular formula is C2H6O18P4Ti3. The summed E-state index contributed by atoms with van der Waals surface area (Å²) in [5.41, 5.74) is 0. The molecule has 0 aromatic carbocycles. The van der Waals surface area contributed by atoms with E-state index in [0.717, 1.165) is 0 Å². The van der Waals surface area contributed by atoms with Crippen LogP contribution < -0.4 is 58.7 Å². The predicted molar refractivity (Wildman–Crippen MR) is 44.6 cm³/mol. The largest absolute Gasteiger partial charge is 4.00 e. The molecule has 0 saturated carbocycles. The first-order valence-corrected chi connectivity index (χ1v) is 9.90. The molecule has 0 aliphatic rings. The molecule has 2 N–H and O–H groups in total. The maximum absolute atomic E-state index is 8.55. The molecule has 0 heterocycles. The van der Waals surface area contributed by atoms with Gasteiger partial charge in [-0.05, 0) is 0 Å². The van der Waals surface area contributed by atoms with Gasteiger partial charge in [0, 0.05) is 0 Å². The molecule has 0 aliphatic carbocycles. The normalized spacial score (nSPS) is 9.85. The van der Waals surface area contributed by atoms with Crippen LogP contribution in [0.1, 0.15) is 0 Å². The summed E-state index contributed by atoms with van der Waals surface area (Å²) in [6.07, 6.45) is 0. The van der Waals surface area contributed by atoms with E-state index >= 15 is 0 Å². The van der Waals surface area contributed by atoms with Gasteiger partial charge >= 0.3 is 65.2 Å². The van der Waals surface area contributed by atoms with Crippen molar-refractivity contribution in [3.63, 3.8) is 0 Å². The van der Waals surface area contributed by atoms with Crippen LogP contribution in [-0.2, 0) is 83.4 Å². The van der Waals surface area contributed by atoms with Crippen LogP contribution in [0, 0.1) is 0 Å². The summed E-state index contributed by atoms with van der Waals surface area (Å²) in [6.45, 7) is -0.250. The van der Waals surface area contributed by atoms with Crippen LogP contribution in [0.4, 0.5) is 0 Å². The van der Waals surface area contributed by atoms with Crippen molar-refractivity contribution in [1.29, 1.82) is 0 Å². The standard InChI is InChI=1S/C2H6O2.4H3O4P.3Ti/c3-1-2-4;4*1-5(2,3)4;;;/h3-4H,1-2H2;4*(H3,1,2,3,4);;;/q;;;;;3*+4/p-12. The van der Waals surface area contributed by atoms with Crippen molar-refractivity contribution in [2.24, 2.45) is 0 Å². The summed E-state index contributed by atoms with van der Waals surface area (Å²) in [5.74, 6) is 0. The zero-order chi connectivity index (χ0) is 21.4. The smallest absolute Gasteiger partial charge is 0.822 e. The Morgan fingerprint density at radius 2 is 0.444 bits per heavy atom. The van der Waals surface area contributed by atoms with Gasteiger partial charge in [0.15, 0.2) is 0 Å². The Labute approximate surface area is 195 Å². The summed E-state index contributed by atoms with van der Waals surface area (Å²) in [7, 11) is -21.6. The van der Waals surface area contributed by atoms with E-state index in [1.54, 1.807) is 0 Å².